The molecule has 106 valence electrons. The monoisotopic (exact) mass is 363 g/mol. The largest absolute Gasteiger partial charge is 0.347 e. The van der Waals surface area contributed by atoms with Gasteiger partial charge in [-0.2, -0.15) is 4.98 Å². The van der Waals surface area contributed by atoms with E-state index in [4.69, 9.17) is 11.6 Å². The average Bonchev–Trinajstić information content (AvgIpc) is 2.45. The third-order valence-corrected chi connectivity index (χ3v) is 3.91. The van der Waals surface area contributed by atoms with Crippen molar-refractivity contribution in [2.24, 2.45) is 0 Å². The van der Waals surface area contributed by atoms with Crippen LogP contribution >= 0.6 is 27.5 Å². The molecule has 0 radical (unpaired) electrons. The topological polar surface area (TPSA) is 49.0 Å². The molecule has 0 unspecified atom stereocenters. The predicted octanol–water partition coefficient (Wildman–Crippen LogP) is 4.11. The molecule has 0 saturated heterocycles. The number of fused-ring (bicyclic) bond motifs is 1. The number of H-pyrrole nitrogens is 1. The molecule has 0 spiro atoms. The lowest BCUT2D eigenvalue weighted by atomic mass is 10.2. The molecule has 1 N–H and O–H groups in total. The molecule has 0 amide bonds. The number of aromatic nitrogens is 2. The quantitative estimate of drug-likeness (QED) is 0.744. The maximum atomic E-state index is 11.8. The van der Waals surface area contributed by atoms with E-state index < -0.39 is 5.69 Å². The van der Waals surface area contributed by atoms with Crippen molar-refractivity contribution in [1.29, 1.82) is 0 Å². The van der Waals surface area contributed by atoms with Crippen LogP contribution in [0.3, 0.4) is 0 Å². The standard InChI is InChI=1S/C15H11BrClN3O/c1-20(11-4-2-3-9(16)7-11)14-12-6-5-10(17)8-13(12)18-15(21)19-14/h2-8H,1H3,(H,18,19,21). The third-order valence-electron chi connectivity index (χ3n) is 3.18. The molecule has 0 aliphatic rings. The molecule has 2 aromatic carbocycles. The second-order valence-electron chi connectivity index (χ2n) is 4.59. The highest BCUT2D eigenvalue weighted by molar-refractivity contribution is 9.10. The zero-order chi connectivity index (χ0) is 15.0. The second-order valence-corrected chi connectivity index (χ2v) is 5.95. The van der Waals surface area contributed by atoms with E-state index in [1.54, 1.807) is 12.1 Å². The lowest BCUT2D eigenvalue weighted by molar-refractivity contribution is 1.06. The zero-order valence-electron chi connectivity index (χ0n) is 11.1. The molecule has 3 rings (SSSR count). The second kappa shape index (κ2) is 5.50. The van der Waals surface area contributed by atoms with Gasteiger partial charge in [-0.1, -0.05) is 33.6 Å². The molecular formula is C15H11BrClN3O. The summed E-state index contributed by atoms with van der Waals surface area (Å²) in [5, 5.41) is 1.40. The fraction of sp³-hybridized carbons (Fsp3) is 0.0667. The Kier molecular flexibility index (Phi) is 3.69. The summed E-state index contributed by atoms with van der Waals surface area (Å²) in [6.07, 6.45) is 0. The summed E-state index contributed by atoms with van der Waals surface area (Å²) in [6.45, 7) is 0. The highest BCUT2D eigenvalue weighted by Gasteiger charge is 2.12. The molecule has 0 aliphatic heterocycles. The lowest BCUT2D eigenvalue weighted by Crippen LogP contribution is -2.19. The summed E-state index contributed by atoms with van der Waals surface area (Å²) in [5.74, 6) is 0.587. The van der Waals surface area contributed by atoms with Gasteiger partial charge in [0.15, 0.2) is 0 Å². The molecule has 21 heavy (non-hydrogen) atoms. The van der Waals surface area contributed by atoms with E-state index in [0.29, 0.717) is 16.4 Å². The van der Waals surface area contributed by atoms with Crippen LogP contribution < -0.4 is 10.6 Å². The Labute approximate surface area is 134 Å². The van der Waals surface area contributed by atoms with Gasteiger partial charge in [0.2, 0.25) is 0 Å². The Bertz CT molecular complexity index is 878. The van der Waals surface area contributed by atoms with Crippen LogP contribution in [0.5, 0.6) is 0 Å². The SMILES string of the molecule is CN(c1cccc(Br)c1)c1nc(=O)[nH]c2cc(Cl)ccc12. The van der Waals surface area contributed by atoms with Gasteiger partial charge in [-0.05, 0) is 36.4 Å². The number of nitrogens with one attached hydrogen (secondary N) is 1. The normalized spacial score (nSPS) is 10.8. The fourth-order valence-corrected chi connectivity index (χ4v) is 2.74. The van der Waals surface area contributed by atoms with Crippen molar-refractivity contribution < 1.29 is 0 Å². The lowest BCUT2D eigenvalue weighted by Gasteiger charge is -2.20. The Balaban J connectivity index is 2.22. The van der Waals surface area contributed by atoms with E-state index >= 15 is 0 Å². The van der Waals surface area contributed by atoms with E-state index in [0.717, 1.165) is 15.5 Å². The number of halogens is 2. The minimum Gasteiger partial charge on any atom is -0.329 e. The highest BCUT2D eigenvalue weighted by Crippen LogP contribution is 2.29. The van der Waals surface area contributed by atoms with Crippen molar-refractivity contribution in [3.05, 3.63) is 62.4 Å². The first-order valence-corrected chi connectivity index (χ1v) is 7.40. The van der Waals surface area contributed by atoms with Gasteiger partial charge < -0.3 is 9.88 Å². The summed E-state index contributed by atoms with van der Waals surface area (Å²) < 4.78 is 0.962. The van der Waals surface area contributed by atoms with Gasteiger partial charge >= 0.3 is 5.69 Å². The van der Waals surface area contributed by atoms with Gasteiger partial charge in [0.25, 0.3) is 0 Å². The molecular weight excluding hydrogens is 354 g/mol. The van der Waals surface area contributed by atoms with Crippen molar-refractivity contribution in [2.75, 3.05) is 11.9 Å². The molecule has 4 nitrogen and oxygen atoms in total. The van der Waals surface area contributed by atoms with Gasteiger partial charge in [0, 0.05) is 27.6 Å². The molecule has 0 aliphatic carbocycles. The first kappa shape index (κ1) is 14.1. The zero-order valence-corrected chi connectivity index (χ0v) is 13.4. The van der Waals surface area contributed by atoms with Gasteiger partial charge in [0.1, 0.15) is 5.82 Å². The number of hydrogen-bond donors (Lipinski definition) is 1. The summed E-state index contributed by atoms with van der Waals surface area (Å²) in [5.41, 5.74) is 1.19. The minimum absolute atomic E-state index is 0.401. The van der Waals surface area contributed by atoms with Crippen LogP contribution in [0.15, 0.2) is 51.7 Å². The van der Waals surface area contributed by atoms with E-state index in [2.05, 4.69) is 25.9 Å². The van der Waals surface area contributed by atoms with E-state index in [1.807, 2.05) is 42.3 Å². The van der Waals surface area contributed by atoms with Crippen LogP contribution in [0, 0.1) is 0 Å². The summed E-state index contributed by atoms with van der Waals surface area (Å²) >= 11 is 9.42. The molecule has 0 fully saturated rings. The number of benzene rings is 2. The van der Waals surface area contributed by atoms with E-state index in [1.165, 1.54) is 0 Å². The van der Waals surface area contributed by atoms with Crippen LogP contribution in [0.1, 0.15) is 0 Å². The molecule has 0 saturated carbocycles. The average molecular weight is 365 g/mol. The number of nitrogens with zero attached hydrogens (tertiary/aromatic N) is 2. The maximum Gasteiger partial charge on any atom is 0.347 e. The van der Waals surface area contributed by atoms with Crippen LogP contribution in [-0.2, 0) is 0 Å². The predicted molar refractivity (Wildman–Crippen MR) is 89.6 cm³/mol. The Morgan fingerprint density at radius 2 is 2.05 bits per heavy atom. The van der Waals surface area contributed by atoms with Crippen molar-refractivity contribution in [3.63, 3.8) is 0 Å². The first-order valence-electron chi connectivity index (χ1n) is 6.23. The molecule has 1 heterocycles. The smallest absolute Gasteiger partial charge is 0.329 e. The Morgan fingerprint density at radius 1 is 1.24 bits per heavy atom. The fourth-order valence-electron chi connectivity index (χ4n) is 2.18. The number of hydrogen-bond acceptors (Lipinski definition) is 3. The summed E-state index contributed by atoms with van der Waals surface area (Å²) in [4.78, 5) is 20.4. The third kappa shape index (κ3) is 2.80. The van der Waals surface area contributed by atoms with Gasteiger partial charge in [-0.25, -0.2) is 4.79 Å². The van der Waals surface area contributed by atoms with Crippen molar-refractivity contribution >= 4 is 49.9 Å². The van der Waals surface area contributed by atoms with Crippen LogP contribution in [0.4, 0.5) is 11.5 Å². The van der Waals surface area contributed by atoms with Crippen LogP contribution in [0.2, 0.25) is 5.02 Å². The highest BCUT2D eigenvalue weighted by atomic mass is 79.9. The van der Waals surface area contributed by atoms with Crippen LogP contribution in [-0.4, -0.2) is 17.0 Å². The first-order chi connectivity index (χ1) is 10.0. The van der Waals surface area contributed by atoms with Crippen LogP contribution in [0.25, 0.3) is 10.9 Å². The van der Waals surface area contributed by atoms with Crippen molar-refractivity contribution in [3.8, 4) is 0 Å². The molecule has 3 aromatic rings. The van der Waals surface area contributed by atoms with E-state index in [9.17, 15) is 4.79 Å². The van der Waals surface area contributed by atoms with Gasteiger partial charge in [0.05, 0.1) is 5.52 Å². The number of aromatic amines is 1. The maximum absolute atomic E-state index is 11.8. The minimum atomic E-state index is -0.401. The van der Waals surface area contributed by atoms with Gasteiger partial charge in [-0.3, -0.25) is 0 Å². The number of anilines is 2. The molecule has 1 aromatic heterocycles. The summed E-state index contributed by atoms with van der Waals surface area (Å²) in [6, 6.07) is 13.1. The van der Waals surface area contributed by atoms with Crippen molar-refractivity contribution in [1.82, 2.24) is 9.97 Å². The Morgan fingerprint density at radius 3 is 2.81 bits per heavy atom. The summed E-state index contributed by atoms with van der Waals surface area (Å²) in [7, 11) is 1.87. The molecule has 6 heteroatoms. The Hall–Kier alpha value is -1.85. The number of rotatable bonds is 2. The van der Waals surface area contributed by atoms with E-state index in [-0.39, 0.29) is 0 Å². The molecule has 0 bridgehead atoms. The van der Waals surface area contributed by atoms with Gasteiger partial charge in [-0.15, -0.1) is 0 Å². The molecule has 0 atom stereocenters. The van der Waals surface area contributed by atoms with Crippen molar-refractivity contribution in [2.45, 2.75) is 0 Å².